The second-order valence-electron chi connectivity index (χ2n) is 4.45. The predicted octanol–water partition coefficient (Wildman–Crippen LogP) is 1.60. The van der Waals surface area contributed by atoms with Crippen molar-refractivity contribution >= 4 is 15.8 Å². The molecule has 0 unspecified atom stereocenters. The third-order valence-electron chi connectivity index (χ3n) is 3.22. The number of aliphatic carboxylic acids is 1. The number of rotatable bonds is 3. The van der Waals surface area contributed by atoms with Gasteiger partial charge in [-0.1, -0.05) is 19.3 Å². The molecular weight excluding hydrogens is 216 g/mol. The first-order valence-corrected chi connectivity index (χ1v) is 6.86. The summed E-state index contributed by atoms with van der Waals surface area (Å²) in [6, 6.07) is 0. The summed E-state index contributed by atoms with van der Waals surface area (Å²) in [5, 5.41) is 8.58. The molecule has 5 heteroatoms. The van der Waals surface area contributed by atoms with Crippen molar-refractivity contribution in [3.8, 4) is 0 Å². The Morgan fingerprint density at radius 2 is 1.67 bits per heavy atom. The number of carbonyl (C=O) groups is 1. The molecule has 1 saturated carbocycles. The summed E-state index contributed by atoms with van der Waals surface area (Å²) in [6.45, 7) is 3.10. The fraction of sp³-hybridized carbons (Fsp3) is 0.900. The fourth-order valence-corrected chi connectivity index (χ4v) is 4.20. The maximum absolute atomic E-state index is 12.1. The Morgan fingerprint density at radius 1 is 1.20 bits per heavy atom. The van der Waals surface area contributed by atoms with Gasteiger partial charge in [-0.2, -0.15) is 0 Å². The molecule has 0 aromatic carbocycles. The summed E-state index contributed by atoms with van der Waals surface area (Å²) in [5.74, 6) is -1.17. The molecule has 1 N–H and O–H groups in total. The van der Waals surface area contributed by atoms with Crippen LogP contribution in [-0.4, -0.2) is 29.5 Å². The topological polar surface area (TPSA) is 71.4 Å². The van der Waals surface area contributed by atoms with Crippen LogP contribution in [0.4, 0.5) is 0 Å². The fourth-order valence-electron chi connectivity index (χ4n) is 2.19. The van der Waals surface area contributed by atoms with Crippen LogP contribution in [0, 0.1) is 0 Å². The first kappa shape index (κ1) is 12.5. The highest BCUT2D eigenvalue weighted by Gasteiger charge is 2.52. The highest BCUT2D eigenvalue weighted by molar-refractivity contribution is 7.94. The minimum atomic E-state index is -3.56. The van der Waals surface area contributed by atoms with E-state index in [-0.39, 0.29) is 12.8 Å². The Bertz CT molecular complexity index is 336. The van der Waals surface area contributed by atoms with Crippen molar-refractivity contribution in [3.05, 3.63) is 0 Å². The van der Waals surface area contributed by atoms with Gasteiger partial charge in [0.05, 0.1) is 5.25 Å². The maximum atomic E-state index is 12.1. The van der Waals surface area contributed by atoms with Gasteiger partial charge in [-0.15, -0.1) is 0 Å². The molecule has 88 valence electrons. The summed E-state index contributed by atoms with van der Waals surface area (Å²) in [6.07, 6.45) is 2.85. The lowest BCUT2D eigenvalue weighted by molar-refractivity contribution is -0.141. The van der Waals surface area contributed by atoms with Crippen molar-refractivity contribution in [1.82, 2.24) is 0 Å². The zero-order chi connectivity index (χ0) is 11.7. The molecule has 1 fully saturated rings. The second kappa shape index (κ2) is 4.12. The highest BCUT2D eigenvalue weighted by atomic mass is 32.2. The van der Waals surface area contributed by atoms with Gasteiger partial charge in [0.25, 0.3) is 0 Å². The van der Waals surface area contributed by atoms with Crippen molar-refractivity contribution in [1.29, 1.82) is 0 Å². The Kier molecular flexibility index (Phi) is 3.43. The van der Waals surface area contributed by atoms with Crippen LogP contribution < -0.4 is 0 Å². The molecular formula is C10H18O4S. The van der Waals surface area contributed by atoms with Crippen molar-refractivity contribution in [2.45, 2.75) is 55.9 Å². The van der Waals surface area contributed by atoms with E-state index in [1.807, 2.05) is 0 Å². The summed E-state index contributed by atoms with van der Waals surface area (Å²) < 4.78 is 22.6. The molecule has 0 amide bonds. The van der Waals surface area contributed by atoms with Crippen LogP contribution in [0.3, 0.4) is 0 Å². The van der Waals surface area contributed by atoms with Crippen LogP contribution in [0.2, 0.25) is 0 Å². The first-order valence-electron chi connectivity index (χ1n) is 5.31. The van der Waals surface area contributed by atoms with Gasteiger partial charge in [-0.05, 0) is 26.7 Å². The van der Waals surface area contributed by atoms with Gasteiger partial charge in [-0.3, -0.25) is 4.79 Å². The van der Waals surface area contributed by atoms with E-state index in [1.165, 1.54) is 0 Å². The summed E-state index contributed by atoms with van der Waals surface area (Å²) in [5.41, 5.74) is 0. The Labute approximate surface area is 90.6 Å². The molecule has 1 rings (SSSR count). The number of carboxylic acids is 1. The average Bonchev–Trinajstić information content (AvgIpc) is 2.18. The molecule has 0 aromatic heterocycles. The smallest absolute Gasteiger partial charge is 0.325 e. The van der Waals surface area contributed by atoms with Crippen molar-refractivity contribution in [2.24, 2.45) is 0 Å². The van der Waals surface area contributed by atoms with Gasteiger partial charge in [0.1, 0.15) is 0 Å². The quantitative estimate of drug-likeness (QED) is 0.805. The zero-order valence-electron chi connectivity index (χ0n) is 9.19. The third-order valence-corrected chi connectivity index (χ3v) is 6.13. The minimum absolute atomic E-state index is 0.267. The summed E-state index contributed by atoms with van der Waals surface area (Å²) in [4.78, 5) is 11.2. The maximum Gasteiger partial charge on any atom is 0.325 e. The van der Waals surface area contributed by atoms with E-state index >= 15 is 0 Å². The van der Waals surface area contributed by atoms with E-state index in [1.54, 1.807) is 13.8 Å². The van der Waals surface area contributed by atoms with Crippen LogP contribution >= 0.6 is 0 Å². The number of hydrogen-bond donors (Lipinski definition) is 1. The number of carboxylic acid groups (broad SMARTS) is 1. The molecule has 1 aliphatic rings. The molecule has 4 nitrogen and oxygen atoms in total. The SMILES string of the molecule is CC(C)S(=O)(=O)C1(C(=O)O)CCCCC1. The molecule has 0 aromatic rings. The zero-order valence-corrected chi connectivity index (χ0v) is 10.0. The molecule has 0 atom stereocenters. The molecule has 0 heterocycles. The van der Waals surface area contributed by atoms with Gasteiger partial charge in [0.2, 0.25) is 0 Å². The van der Waals surface area contributed by atoms with E-state index in [4.69, 9.17) is 0 Å². The molecule has 0 aliphatic heterocycles. The van der Waals surface area contributed by atoms with Crippen LogP contribution in [0.5, 0.6) is 0 Å². The lowest BCUT2D eigenvalue weighted by Gasteiger charge is -2.34. The lowest BCUT2D eigenvalue weighted by Crippen LogP contribution is -2.50. The van der Waals surface area contributed by atoms with Gasteiger partial charge in [0, 0.05) is 0 Å². The monoisotopic (exact) mass is 234 g/mol. The number of hydrogen-bond acceptors (Lipinski definition) is 3. The highest BCUT2D eigenvalue weighted by Crippen LogP contribution is 2.37. The van der Waals surface area contributed by atoms with Crippen LogP contribution in [-0.2, 0) is 14.6 Å². The average molecular weight is 234 g/mol. The third kappa shape index (κ3) is 1.89. The van der Waals surface area contributed by atoms with E-state index < -0.39 is 25.8 Å². The number of sulfone groups is 1. The van der Waals surface area contributed by atoms with Gasteiger partial charge in [0.15, 0.2) is 14.6 Å². The molecule has 15 heavy (non-hydrogen) atoms. The Hall–Kier alpha value is -0.580. The predicted molar refractivity (Wildman–Crippen MR) is 57.5 cm³/mol. The normalized spacial score (nSPS) is 21.5. The molecule has 0 saturated heterocycles. The minimum Gasteiger partial charge on any atom is -0.480 e. The summed E-state index contributed by atoms with van der Waals surface area (Å²) >= 11 is 0. The lowest BCUT2D eigenvalue weighted by atomic mass is 9.88. The van der Waals surface area contributed by atoms with Crippen molar-refractivity contribution < 1.29 is 18.3 Å². The van der Waals surface area contributed by atoms with Gasteiger partial charge in [-0.25, -0.2) is 8.42 Å². The standard InChI is InChI=1S/C10H18O4S/c1-8(2)15(13,14)10(9(11)12)6-4-3-5-7-10/h8H,3-7H2,1-2H3,(H,11,12). The van der Waals surface area contributed by atoms with Crippen molar-refractivity contribution in [3.63, 3.8) is 0 Å². The van der Waals surface area contributed by atoms with E-state index in [0.29, 0.717) is 12.8 Å². The molecule has 0 spiro atoms. The second-order valence-corrected chi connectivity index (χ2v) is 7.27. The van der Waals surface area contributed by atoms with E-state index in [2.05, 4.69) is 0 Å². The molecule has 0 bridgehead atoms. The Morgan fingerprint density at radius 3 is 2.00 bits per heavy atom. The van der Waals surface area contributed by atoms with Crippen LogP contribution in [0.25, 0.3) is 0 Å². The van der Waals surface area contributed by atoms with Gasteiger partial charge < -0.3 is 5.11 Å². The molecule has 1 aliphatic carbocycles. The Balaban J connectivity index is 3.17. The largest absolute Gasteiger partial charge is 0.480 e. The van der Waals surface area contributed by atoms with E-state index in [0.717, 1.165) is 6.42 Å². The summed E-state index contributed by atoms with van der Waals surface area (Å²) in [7, 11) is -3.56. The molecule has 0 radical (unpaired) electrons. The first-order chi connectivity index (χ1) is 6.84. The van der Waals surface area contributed by atoms with Gasteiger partial charge >= 0.3 is 5.97 Å². The van der Waals surface area contributed by atoms with Crippen molar-refractivity contribution in [2.75, 3.05) is 0 Å². The van der Waals surface area contributed by atoms with Crippen LogP contribution in [0.15, 0.2) is 0 Å². The van der Waals surface area contributed by atoms with Crippen LogP contribution in [0.1, 0.15) is 46.0 Å². The van der Waals surface area contributed by atoms with E-state index in [9.17, 15) is 18.3 Å².